The molecule has 0 unspecified atom stereocenters. The highest BCUT2D eigenvalue weighted by atomic mass is 16.5. The molecule has 0 aliphatic rings. The van der Waals surface area contributed by atoms with Crippen molar-refractivity contribution >= 4 is 22.6 Å². The van der Waals surface area contributed by atoms with Crippen LogP contribution in [-0.2, 0) is 11.3 Å². The maximum Gasteiger partial charge on any atom is 0.337 e. The highest BCUT2D eigenvalue weighted by Crippen LogP contribution is 2.16. The molecule has 0 saturated carbocycles. The fourth-order valence-electron chi connectivity index (χ4n) is 2.22. The number of anilines is 1. The number of hydrogen-bond acceptors (Lipinski definition) is 4. The molecule has 2 aromatic carbocycles. The smallest absolute Gasteiger partial charge is 0.337 e. The Morgan fingerprint density at radius 3 is 2.71 bits per heavy atom. The highest BCUT2D eigenvalue weighted by molar-refractivity contribution is 5.89. The summed E-state index contributed by atoms with van der Waals surface area (Å²) in [5.74, 6) is -0.332. The fourth-order valence-corrected chi connectivity index (χ4v) is 2.22. The molecule has 0 radical (unpaired) electrons. The maximum atomic E-state index is 11.4. The zero-order valence-electron chi connectivity index (χ0n) is 11.6. The number of carbonyl (C=O) groups excluding carboxylic acids is 1. The monoisotopic (exact) mass is 281 g/mol. The van der Waals surface area contributed by atoms with Crippen molar-refractivity contribution in [2.75, 3.05) is 12.8 Å². The third-order valence-electron chi connectivity index (χ3n) is 3.30. The number of rotatable bonds is 3. The fraction of sp³-hybridized carbons (Fsp3) is 0.125. The minimum Gasteiger partial charge on any atom is -0.465 e. The van der Waals surface area contributed by atoms with E-state index in [2.05, 4.69) is 9.84 Å². The molecule has 3 aromatic rings. The molecular formula is C16H15N3O2. The lowest BCUT2D eigenvalue weighted by Crippen LogP contribution is -2.03. The van der Waals surface area contributed by atoms with Crippen molar-refractivity contribution in [2.45, 2.75) is 6.54 Å². The first-order chi connectivity index (χ1) is 10.2. The summed E-state index contributed by atoms with van der Waals surface area (Å²) in [5.41, 5.74) is 8.93. The number of hydrogen-bond donors (Lipinski definition) is 1. The third kappa shape index (κ3) is 2.72. The molecule has 0 aliphatic heterocycles. The van der Waals surface area contributed by atoms with Crippen LogP contribution in [0, 0.1) is 0 Å². The topological polar surface area (TPSA) is 70.1 Å². The van der Waals surface area contributed by atoms with Gasteiger partial charge in [0, 0.05) is 17.3 Å². The molecule has 106 valence electrons. The van der Waals surface area contributed by atoms with Crippen LogP contribution in [0.5, 0.6) is 0 Å². The predicted molar refractivity (Wildman–Crippen MR) is 81.0 cm³/mol. The molecular weight excluding hydrogens is 266 g/mol. The maximum absolute atomic E-state index is 11.4. The van der Waals surface area contributed by atoms with Crippen LogP contribution < -0.4 is 5.73 Å². The van der Waals surface area contributed by atoms with Crippen LogP contribution in [-0.4, -0.2) is 22.9 Å². The van der Waals surface area contributed by atoms with E-state index in [4.69, 9.17) is 5.73 Å². The zero-order valence-corrected chi connectivity index (χ0v) is 11.6. The Morgan fingerprint density at radius 2 is 2.00 bits per heavy atom. The normalized spacial score (nSPS) is 10.7. The van der Waals surface area contributed by atoms with Gasteiger partial charge in [0.2, 0.25) is 0 Å². The van der Waals surface area contributed by atoms with Gasteiger partial charge in [-0.15, -0.1) is 0 Å². The minimum atomic E-state index is -0.332. The lowest BCUT2D eigenvalue weighted by molar-refractivity contribution is 0.0600. The van der Waals surface area contributed by atoms with Gasteiger partial charge in [-0.2, -0.15) is 5.10 Å². The van der Waals surface area contributed by atoms with Gasteiger partial charge in [0.05, 0.1) is 24.7 Å². The molecule has 0 saturated heterocycles. The second-order valence-corrected chi connectivity index (χ2v) is 4.83. The van der Waals surface area contributed by atoms with E-state index in [1.807, 2.05) is 41.2 Å². The molecule has 5 nitrogen and oxygen atoms in total. The van der Waals surface area contributed by atoms with Gasteiger partial charge in [-0.3, -0.25) is 4.68 Å². The number of benzene rings is 2. The van der Waals surface area contributed by atoms with Gasteiger partial charge in [-0.05, 0) is 35.9 Å². The van der Waals surface area contributed by atoms with Crippen LogP contribution in [0.3, 0.4) is 0 Å². The van der Waals surface area contributed by atoms with Gasteiger partial charge in [-0.25, -0.2) is 4.79 Å². The number of nitrogen functional groups attached to an aromatic ring is 1. The van der Waals surface area contributed by atoms with Crippen LogP contribution in [0.15, 0.2) is 48.7 Å². The summed E-state index contributed by atoms with van der Waals surface area (Å²) in [6.07, 6.45) is 1.98. The number of fused-ring (bicyclic) bond motifs is 1. The Labute approximate surface area is 121 Å². The Morgan fingerprint density at radius 1 is 1.24 bits per heavy atom. The Kier molecular flexibility index (Phi) is 3.31. The largest absolute Gasteiger partial charge is 0.465 e. The van der Waals surface area contributed by atoms with E-state index in [0.717, 1.165) is 16.5 Å². The van der Waals surface area contributed by atoms with E-state index >= 15 is 0 Å². The molecule has 1 aromatic heterocycles. The van der Waals surface area contributed by atoms with Gasteiger partial charge < -0.3 is 10.5 Å². The Bertz CT molecular complexity index is 791. The Hall–Kier alpha value is -2.82. The van der Waals surface area contributed by atoms with E-state index < -0.39 is 0 Å². The second kappa shape index (κ2) is 5.28. The van der Waals surface area contributed by atoms with Gasteiger partial charge in [0.1, 0.15) is 0 Å². The number of nitrogens with two attached hydrogens (primary N) is 1. The number of methoxy groups -OCH3 is 1. The lowest BCUT2D eigenvalue weighted by Gasteiger charge is -2.03. The van der Waals surface area contributed by atoms with Crippen molar-refractivity contribution in [2.24, 2.45) is 0 Å². The quantitative estimate of drug-likeness (QED) is 0.591. The third-order valence-corrected chi connectivity index (χ3v) is 3.30. The average molecular weight is 281 g/mol. The van der Waals surface area contributed by atoms with E-state index in [0.29, 0.717) is 17.8 Å². The molecule has 0 spiro atoms. The summed E-state index contributed by atoms with van der Waals surface area (Å²) in [7, 11) is 1.37. The molecule has 0 bridgehead atoms. The summed E-state index contributed by atoms with van der Waals surface area (Å²) in [6, 6.07) is 13.0. The van der Waals surface area contributed by atoms with Crippen molar-refractivity contribution in [3.8, 4) is 0 Å². The van der Waals surface area contributed by atoms with Crippen molar-refractivity contribution in [3.63, 3.8) is 0 Å². The first-order valence-electron chi connectivity index (χ1n) is 6.55. The van der Waals surface area contributed by atoms with Crippen LogP contribution in [0.2, 0.25) is 0 Å². The number of carbonyl (C=O) groups is 1. The summed E-state index contributed by atoms with van der Waals surface area (Å²) in [4.78, 5) is 11.4. The van der Waals surface area contributed by atoms with Gasteiger partial charge >= 0.3 is 5.97 Å². The summed E-state index contributed by atoms with van der Waals surface area (Å²) in [5, 5.41) is 5.54. The number of aromatic nitrogens is 2. The average Bonchev–Trinajstić information content (AvgIpc) is 2.88. The van der Waals surface area contributed by atoms with Crippen molar-refractivity contribution in [3.05, 3.63) is 59.8 Å². The van der Waals surface area contributed by atoms with Crippen LogP contribution in [0.1, 0.15) is 15.9 Å². The summed E-state index contributed by atoms with van der Waals surface area (Å²) >= 11 is 0. The number of ether oxygens (including phenoxy) is 1. The van der Waals surface area contributed by atoms with Crippen LogP contribution in [0.25, 0.3) is 10.9 Å². The van der Waals surface area contributed by atoms with E-state index in [1.54, 1.807) is 12.1 Å². The van der Waals surface area contributed by atoms with Crippen molar-refractivity contribution in [1.82, 2.24) is 9.78 Å². The standard InChI is InChI=1S/C16H15N3O2/c1-21-16(20)12-4-2-11(3-5-12)9-19-10-13-6-7-14(17)8-15(13)18-19/h2-8,10H,9,17H2,1H3. The number of esters is 1. The van der Waals surface area contributed by atoms with Crippen LogP contribution >= 0.6 is 0 Å². The molecule has 21 heavy (non-hydrogen) atoms. The minimum absolute atomic E-state index is 0.332. The molecule has 3 rings (SSSR count). The zero-order chi connectivity index (χ0) is 14.8. The molecule has 0 fully saturated rings. The van der Waals surface area contributed by atoms with E-state index in [1.165, 1.54) is 7.11 Å². The SMILES string of the molecule is COC(=O)c1ccc(Cn2cc3ccc(N)cc3n2)cc1. The van der Waals surface area contributed by atoms with Crippen molar-refractivity contribution in [1.29, 1.82) is 0 Å². The molecule has 1 heterocycles. The highest BCUT2D eigenvalue weighted by Gasteiger charge is 2.06. The Balaban J connectivity index is 1.83. The van der Waals surface area contributed by atoms with Gasteiger partial charge in [0.25, 0.3) is 0 Å². The lowest BCUT2D eigenvalue weighted by atomic mass is 10.1. The van der Waals surface area contributed by atoms with Crippen molar-refractivity contribution < 1.29 is 9.53 Å². The van der Waals surface area contributed by atoms with Gasteiger partial charge in [0.15, 0.2) is 0 Å². The summed E-state index contributed by atoms with van der Waals surface area (Å²) in [6.45, 7) is 0.635. The molecule has 0 aliphatic carbocycles. The first kappa shape index (κ1) is 13.2. The molecule has 0 atom stereocenters. The number of nitrogens with zero attached hydrogens (tertiary/aromatic N) is 2. The van der Waals surface area contributed by atoms with Crippen LogP contribution in [0.4, 0.5) is 5.69 Å². The molecule has 5 heteroatoms. The van der Waals surface area contributed by atoms with Gasteiger partial charge in [-0.1, -0.05) is 12.1 Å². The summed E-state index contributed by atoms with van der Waals surface area (Å²) < 4.78 is 6.54. The second-order valence-electron chi connectivity index (χ2n) is 4.83. The first-order valence-corrected chi connectivity index (χ1v) is 6.55. The predicted octanol–water partition coefficient (Wildman–Crippen LogP) is 2.45. The molecule has 2 N–H and O–H groups in total. The van der Waals surface area contributed by atoms with E-state index in [9.17, 15) is 4.79 Å². The van der Waals surface area contributed by atoms with E-state index in [-0.39, 0.29) is 5.97 Å². The molecule has 0 amide bonds.